The number of carbonyl (C=O) groups excluding carboxylic acids is 4. The van der Waals surface area contributed by atoms with Crippen molar-refractivity contribution in [2.45, 2.75) is 39.0 Å². The fraction of sp³-hybridized carbons (Fsp3) is 0.419. The molecule has 0 unspecified atom stereocenters. The van der Waals surface area contributed by atoms with Crippen molar-refractivity contribution in [3.8, 4) is 11.5 Å². The molecule has 2 heterocycles. The molecule has 2 aromatic rings. The van der Waals surface area contributed by atoms with Crippen molar-refractivity contribution in [3.05, 3.63) is 64.7 Å². The number of methoxy groups -OCH3 is 1. The number of hydrogen-bond donors (Lipinski definition) is 1. The molecule has 0 spiro atoms. The van der Waals surface area contributed by atoms with Gasteiger partial charge in [-0.1, -0.05) is 48.4 Å². The van der Waals surface area contributed by atoms with Crippen molar-refractivity contribution >= 4 is 40.9 Å². The molecule has 2 aliphatic heterocycles. The number of ether oxygens (including phenoxy) is 1. The Balaban J connectivity index is 1.54. The van der Waals surface area contributed by atoms with E-state index in [1.165, 1.54) is 16.9 Å². The molecular weight excluding hydrogens is 532 g/mol. The van der Waals surface area contributed by atoms with Crippen LogP contribution in [0.3, 0.4) is 0 Å². The summed E-state index contributed by atoms with van der Waals surface area (Å²) in [4.78, 5) is 58.0. The lowest BCUT2D eigenvalue weighted by atomic mass is 9.51. The molecule has 6 rings (SSSR count). The van der Waals surface area contributed by atoms with Crippen molar-refractivity contribution < 1.29 is 29.0 Å². The maximum atomic E-state index is 14.4. The van der Waals surface area contributed by atoms with Gasteiger partial charge in [0.25, 0.3) is 0 Å². The fourth-order valence-electron chi connectivity index (χ4n) is 7.64. The Kier molecular flexibility index (Phi) is 6.29. The van der Waals surface area contributed by atoms with Crippen molar-refractivity contribution in [1.82, 2.24) is 4.90 Å². The van der Waals surface area contributed by atoms with Gasteiger partial charge in [0.1, 0.15) is 0 Å². The molecule has 0 aromatic heterocycles. The van der Waals surface area contributed by atoms with Crippen LogP contribution in [-0.2, 0) is 19.2 Å². The highest BCUT2D eigenvalue weighted by molar-refractivity contribution is 6.32. The summed E-state index contributed by atoms with van der Waals surface area (Å²) in [7, 11) is 1.42. The number of fused-ring (bicyclic) bond motifs is 4. The molecule has 0 radical (unpaired) electrons. The number of anilines is 1. The monoisotopic (exact) mass is 562 g/mol. The Morgan fingerprint density at radius 2 is 1.77 bits per heavy atom. The first kappa shape index (κ1) is 26.6. The number of benzene rings is 2. The van der Waals surface area contributed by atoms with E-state index in [2.05, 4.69) is 0 Å². The van der Waals surface area contributed by atoms with E-state index < -0.39 is 35.0 Å². The van der Waals surface area contributed by atoms with Crippen LogP contribution in [0.25, 0.3) is 0 Å². The van der Waals surface area contributed by atoms with Crippen LogP contribution in [0.4, 0.5) is 5.69 Å². The second-order valence-corrected chi connectivity index (χ2v) is 11.8. The number of aromatic hydroxyl groups is 1. The quantitative estimate of drug-likeness (QED) is 0.419. The smallest absolute Gasteiger partial charge is 0.241 e. The second-order valence-electron chi connectivity index (χ2n) is 11.4. The van der Waals surface area contributed by atoms with Gasteiger partial charge >= 0.3 is 0 Å². The number of nitrogens with zero attached hydrogens (tertiary/aromatic N) is 2. The summed E-state index contributed by atoms with van der Waals surface area (Å²) in [5.74, 6) is -3.89. The summed E-state index contributed by atoms with van der Waals surface area (Å²) in [6.45, 7) is 4.10. The Morgan fingerprint density at radius 1 is 1.05 bits per heavy atom. The third-order valence-corrected chi connectivity index (χ3v) is 9.72. The molecule has 2 aromatic carbocycles. The highest BCUT2D eigenvalue weighted by atomic mass is 35.5. The van der Waals surface area contributed by atoms with E-state index >= 15 is 0 Å². The van der Waals surface area contributed by atoms with Gasteiger partial charge < -0.3 is 9.84 Å². The van der Waals surface area contributed by atoms with E-state index in [4.69, 9.17) is 16.3 Å². The van der Waals surface area contributed by atoms with Crippen LogP contribution in [0, 0.1) is 29.1 Å². The fourth-order valence-corrected chi connectivity index (χ4v) is 7.86. The van der Waals surface area contributed by atoms with E-state index in [-0.39, 0.29) is 46.6 Å². The van der Waals surface area contributed by atoms with Crippen LogP contribution >= 0.6 is 11.6 Å². The van der Waals surface area contributed by atoms with Gasteiger partial charge in [-0.25, -0.2) is 4.90 Å². The highest BCUT2D eigenvalue weighted by Gasteiger charge is 2.67. The molecular formula is C31H31ClN2O6. The number of phenolic OH excluding ortho intramolecular Hbond substituents is 1. The number of imide groups is 2. The maximum Gasteiger partial charge on any atom is 0.241 e. The highest BCUT2D eigenvalue weighted by Crippen LogP contribution is 2.64. The zero-order valence-electron chi connectivity index (χ0n) is 22.6. The molecule has 3 fully saturated rings. The molecule has 8 nitrogen and oxygen atoms in total. The van der Waals surface area contributed by atoms with Gasteiger partial charge in [-0.15, -0.1) is 0 Å². The lowest BCUT2D eigenvalue weighted by Gasteiger charge is -2.49. The number of para-hydroxylation sites is 1. The first-order valence-corrected chi connectivity index (χ1v) is 14.1. The zero-order chi connectivity index (χ0) is 28.5. The number of carbonyl (C=O) groups is 4. The van der Waals surface area contributed by atoms with Crippen LogP contribution in [0.1, 0.15) is 44.6 Å². The Labute approximate surface area is 237 Å². The van der Waals surface area contributed by atoms with Gasteiger partial charge in [-0.05, 0) is 61.9 Å². The molecule has 1 N–H and O–H groups in total. The third-order valence-electron chi connectivity index (χ3n) is 9.43. The number of hydrogen-bond acceptors (Lipinski definition) is 6. The van der Waals surface area contributed by atoms with Crippen molar-refractivity contribution in [3.63, 3.8) is 0 Å². The number of rotatable bonds is 5. The third kappa shape index (κ3) is 3.51. The van der Waals surface area contributed by atoms with Gasteiger partial charge in [-0.3, -0.25) is 24.1 Å². The molecule has 4 aliphatic rings. The van der Waals surface area contributed by atoms with Gasteiger partial charge in [0, 0.05) is 12.5 Å². The predicted octanol–water partition coefficient (Wildman–Crippen LogP) is 4.69. The largest absolute Gasteiger partial charge is 0.503 e. The van der Waals surface area contributed by atoms with Crippen molar-refractivity contribution in [2.75, 3.05) is 18.6 Å². The lowest BCUT2D eigenvalue weighted by Crippen LogP contribution is -2.48. The van der Waals surface area contributed by atoms with Crippen LogP contribution < -0.4 is 9.64 Å². The summed E-state index contributed by atoms with van der Waals surface area (Å²) >= 11 is 6.44. The number of amides is 4. The van der Waals surface area contributed by atoms with Gasteiger partial charge in [0.2, 0.25) is 23.6 Å². The van der Waals surface area contributed by atoms with E-state index in [0.29, 0.717) is 30.6 Å². The molecule has 2 saturated heterocycles. The van der Waals surface area contributed by atoms with Crippen molar-refractivity contribution in [2.24, 2.45) is 29.1 Å². The first-order chi connectivity index (χ1) is 19.1. The molecule has 9 heteroatoms. The summed E-state index contributed by atoms with van der Waals surface area (Å²) in [6.07, 6.45) is 3.33. The number of allylic oxidation sites excluding steroid dienone is 2. The number of phenols is 1. The molecule has 4 amide bonds. The van der Waals surface area contributed by atoms with Crippen LogP contribution in [0.15, 0.2) is 54.1 Å². The maximum absolute atomic E-state index is 14.4. The number of likely N-dealkylation sites (tertiary alicyclic amines) is 1. The topological polar surface area (TPSA) is 104 Å². The minimum atomic E-state index is -1.19. The minimum Gasteiger partial charge on any atom is -0.503 e. The SMILES string of the molecule is CCCN1C(=O)[C@H]2[C@H](CC=C3[C@H]2C[C@H]2C(=O)N(c4ccccc4)C(=O)[C@@]2(C)[C@H]3c2cc(Cl)c(O)c(OC)c2)C1=O. The van der Waals surface area contributed by atoms with Crippen LogP contribution in [0.2, 0.25) is 5.02 Å². The van der Waals surface area contributed by atoms with E-state index in [0.717, 1.165) is 5.57 Å². The summed E-state index contributed by atoms with van der Waals surface area (Å²) < 4.78 is 5.40. The van der Waals surface area contributed by atoms with Gasteiger partial charge in [0.15, 0.2) is 11.5 Å². The van der Waals surface area contributed by atoms with E-state index in [1.54, 1.807) is 36.4 Å². The normalized spacial score (nSPS) is 31.2. The Hall–Kier alpha value is -3.65. The standard InChI is InChI=1S/C31H31ClN2O6/c1-4-12-33-27(36)19-11-10-18-20(24(19)29(33)38)15-21-28(37)34(17-8-6-5-7-9-17)30(39)31(21,2)25(18)16-13-22(32)26(35)23(14-16)40-3/h5-10,13-14,19-21,24-25,35H,4,11-12,15H2,1-3H3/t19-,20+,21-,24-,25-,31+/m0/s1. The summed E-state index contributed by atoms with van der Waals surface area (Å²) in [5, 5.41) is 10.5. The van der Waals surface area contributed by atoms with Crippen LogP contribution in [0.5, 0.6) is 11.5 Å². The second kappa shape index (κ2) is 9.47. The minimum absolute atomic E-state index is 0.0591. The van der Waals surface area contributed by atoms with Crippen molar-refractivity contribution in [1.29, 1.82) is 0 Å². The first-order valence-electron chi connectivity index (χ1n) is 13.7. The van der Waals surface area contributed by atoms with Gasteiger partial charge in [-0.2, -0.15) is 0 Å². The lowest BCUT2D eigenvalue weighted by molar-refractivity contribution is -0.140. The molecule has 2 aliphatic carbocycles. The molecule has 40 heavy (non-hydrogen) atoms. The summed E-state index contributed by atoms with van der Waals surface area (Å²) in [5.41, 5.74) is 0.769. The van der Waals surface area contributed by atoms with E-state index in [1.807, 2.05) is 26.0 Å². The molecule has 208 valence electrons. The molecule has 6 atom stereocenters. The molecule has 0 bridgehead atoms. The zero-order valence-corrected chi connectivity index (χ0v) is 23.4. The average molecular weight is 563 g/mol. The Bertz CT molecular complexity index is 1470. The summed E-state index contributed by atoms with van der Waals surface area (Å²) in [6, 6.07) is 12.1. The number of halogens is 1. The van der Waals surface area contributed by atoms with E-state index in [9.17, 15) is 24.3 Å². The van der Waals surface area contributed by atoms with Crippen LogP contribution in [-0.4, -0.2) is 47.3 Å². The molecule has 1 saturated carbocycles. The Morgan fingerprint density at radius 3 is 2.45 bits per heavy atom. The predicted molar refractivity (Wildman–Crippen MR) is 148 cm³/mol. The average Bonchev–Trinajstić information content (AvgIpc) is 3.30. The van der Waals surface area contributed by atoms with Gasteiger partial charge in [0.05, 0.1) is 41.0 Å².